The molecule has 0 unspecified atom stereocenters. The van der Waals surface area contributed by atoms with Crippen molar-refractivity contribution in [2.45, 2.75) is 80.1 Å². The summed E-state index contributed by atoms with van der Waals surface area (Å²) in [5.41, 5.74) is -1.14. The van der Waals surface area contributed by atoms with Crippen molar-refractivity contribution in [3.63, 3.8) is 0 Å². The molecule has 0 aliphatic rings. The summed E-state index contributed by atoms with van der Waals surface area (Å²) in [5, 5.41) is 21.2. The van der Waals surface area contributed by atoms with E-state index in [1.165, 1.54) is 0 Å². The van der Waals surface area contributed by atoms with Crippen molar-refractivity contribution < 1.29 is 19.8 Å². The van der Waals surface area contributed by atoms with E-state index in [1.54, 1.807) is 0 Å². The second-order valence-electron chi connectivity index (χ2n) is 5.26. The first kappa shape index (κ1) is 25.8. The monoisotopic (exact) mass is 494 g/mol. The van der Waals surface area contributed by atoms with Crippen LogP contribution in [0.3, 0.4) is 0 Å². The molecule has 0 heterocycles. The maximum atomic E-state index is 10.6. The Labute approximate surface area is 149 Å². The standard InChI is InChI=1S/2C8H16O2.Pb/c2*1-4-8(5-2,6-3)7(9)10;/h2*4-6H2,1-3H3,(H,9,10);/q;;+2/p-2. The Morgan fingerprint density at radius 3 is 0.762 bits per heavy atom. The van der Waals surface area contributed by atoms with E-state index in [4.69, 9.17) is 0 Å². The number of aliphatic carboxylic acids is 2. The number of hydrogen-bond acceptors (Lipinski definition) is 4. The summed E-state index contributed by atoms with van der Waals surface area (Å²) in [7, 11) is 0. The summed E-state index contributed by atoms with van der Waals surface area (Å²) >= 11 is 0. The molecule has 0 bridgehead atoms. The van der Waals surface area contributed by atoms with E-state index in [2.05, 4.69) is 0 Å². The third kappa shape index (κ3) is 7.11. The Balaban J connectivity index is -0.000000295. The molecule has 21 heavy (non-hydrogen) atoms. The SMILES string of the molecule is CCC(CC)(CC)C(=O)[O-].CCC(CC)(CC)C(=O)[O-].[Pb+2]. The molecule has 2 radical (unpaired) electrons. The molecule has 0 saturated heterocycles. The van der Waals surface area contributed by atoms with Crippen molar-refractivity contribution in [3.05, 3.63) is 0 Å². The third-order valence-corrected chi connectivity index (χ3v) is 4.93. The molecule has 0 aliphatic heterocycles. The summed E-state index contributed by atoms with van der Waals surface area (Å²) in [6, 6.07) is 0. The molecular formula is C16H30O4Pb. The zero-order valence-electron chi connectivity index (χ0n) is 14.4. The molecular weight excluding hydrogens is 463 g/mol. The van der Waals surface area contributed by atoms with Gasteiger partial charge in [-0.2, -0.15) is 0 Å². The zero-order chi connectivity index (χ0) is 16.4. The summed E-state index contributed by atoms with van der Waals surface area (Å²) in [6.45, 7) is 11.3. The minimum Gasteiger partial charge on any atom is -0.550 e. The van der Waals surface area contributed by atoms with Crippen molar-refractivity contribution in [2.75, 3.05) is 0 Å². The quantitative estimate of drug-likeness (QED) is 0.481. The van der Waals surface area contributed by atoms with Crippen molar-refractivity contribution >= 4 is 39.2 Å². The molecule has 5 heteroatoms. The van der Waals surface area contributed by atoms with Gasteiger partial charge in [-0.25, -0.2) is 0 Å². The Morgan fingerprint density at radius 1 is 0.619 bits per heavy atom. The van der Waals surface area contributed by atoms with Crippen LogP contribution in [0.15, 0.2) is 0 Å². The van der Waals surface area contributed by atoms with E-state index in [9.17, 15) is 19.8 Å². The summed E-state index contributed by atoms with van der Waals surface area (Å²) in [5.74, 6) is -1.81. The topological polar surface area (TPSA) is 80.3 Å². The van der Waals surface area contributed by atoms with Crippen molar-refractivity contribution in [1.29, 1.82) is 0 Å². The molecule has 0 rings (SSSR count). The van der Waals surface area contributed by atoms with Gasteiger partial charge in [-0.05, 0) is 38.5 Å². The van der Waals surface area contributed by atoms with Crippen molar-refractivity contribution in [2.24, 2.45) is 10.8 Å². The van der Waals surface area contributed by atoms with Gasteiger partial charge in [0.15, 0.2) is 0 Å². The van der Waals surface area contributed by atoms with Crippen molar-refractivity contribution in [3.8, 4) is 0 Å². The molecule has 122 valence electrons. The predicted molar refractivity (Wildman–Crippen MR) is 82.4 cm³/mol. The van der Waals surface area contributed by atoms with Crippen LogP contribution in [0.2, 0.25) is 0 Å². The van der Waals surface area contributed by atoms with Gasteiger partial charge in [0, 0.05) is 22.8 Å². The zero-order valence-corrected chi connectivity index (χ0v) is 18.3. The van der Waals surface area contributed by atoms with Gasteiger partial charge in [-0.1, -0.05) is 41.5 Å². The van der Waals surface area contributed by atoms with Crippen LogP contribution in [0, 0.1) is 10.8 Å². The number of carboxylic acids is 2. The van der Waals surface area contributed by atoms with Gasteiger partial charge in [0.2, 0.25) is 0 Å². The fourth-order valence-corrected chi connectivity index (χ4v) is 2.37. The number of carbonyl (C=O) groups excluding carboxylic acids is 2. The normalized spacial score (nSPS) is 11.0. The third-order valence-electron chi connectivity index (χ3n) is 4.93. The average molecular weight is 494 g/mol. The van der Waals surface area contributed by atoms with Gasteiger partial charge < -0.3 is 19.8 Å². The second kappa shape index (κ2) is 12.4. The molecule has 0 fully saturated rings. The van der Waals surface area contributed by atoms with Crippen LogP contribution in [0.25, 0.3) is 0 Å². The molecule has 0 N–H and O–H groups in total. The van der Waals surface area contributed by atoms with Crippen LogP contribution in [0.1, 0.15) is 80.1 Å². The number of carboxylic acid groups (broad SMARTS) is 2. The van der Waals surface area contributed by atoms with Crippen LogP contribution >= 0.6 is 0 Å². The summed E-state index contributed by atoms with van der Waals surface area (Å²) < 4.78 is 0. The van der Waals surface area contributed by atoms with Gasteiger partial charge in [0.25, 0.3) is 0 Å². The van der Waals surface area contributed by atoms with Gasteiger partial charge in [-0.15, -0.1) is 0 Å². The maximum absolute atomic E-state index is 10.6. The Bertz CT molecular complexity index is 248. The molecule has 0 saturated carbocycles. The second-order valence-corrected chi connectivity index (χ2v) is 5.26. The largest absolute Gasteiger partial charge is 2.00 e. The first-order valence-electron chi connectivity index (χ1n) is 7.68. The minimum absolute atomic E-state index is 0. The van der Waals surface area contributed by atoms with Crippen LogP contribution in [0.5, 0.6) is 0 Å². The fourth-order valence-electron chi connectivity index (χ4n) is 2.37. The molecule has 0 amide bonds. The van der Waals surface area contributed by atoms with Crippen LogP contribution in [0.4, 0.5) is 0 Å². The van der Waals surface area contributed by atoms with E-state index in [0.717, 1.165) is 0 Å². The Hall–Kier alpha value is -0.138. The molecule has 0 aromatic rings. The maximum Gasteiger partial charge on any atom is 2.00 e. The minimum atomic E-state index is -0.903. The van der Waals surface area contributed by atoms with E-state index in [0.29, 0.717) is 38.5 Å². The van der Waals surface area contributed by atoms with E-state index >= 15 is 0 Å². The van der Waals surface area contributed by atoms with E-state index in [1.807, 2.05) is 41.5 Å². The van der Waals surface area contributed by atoms with Crippen LogP contribution in [-0.2, 0) is 9.59 Å². The first-order chi connectivity index (χ1) is 9.25. The average Bonchev–Trinajstić information content (AvgIpc) is 2.44. The predicted octanol–water partition coefficient (Wildman–Crippen LogP) is 1.52. The van der Waals surface area contributed by atoms with Gasteiger partial charge in [0.1, 0.15) is 0 Å². The van der Waals surface area contributed by atoms with E-state index < -0.39 is 22.8 Å². The molecule has 0 aliphatic carbocycles. The van der Waals surface area contributed by atoms with Crippen molar-refractivity contribution in [1.82, 2.24) is 0 Å². The van der Waals surface area contributed by atoms with Gasteiger partial charge in [-0.3, -0.25) is 0 Å². The molecule has 4 nitrogen and oxygen atoms in total. The number of hydrogen-bond donors (Lipinski definition) is 0. The summed E-state index contributed by atoms with van der Waals surface area (Å²) in [4.78, 5) is 21.2. The number of rotatable bonds is 8. The molecule has 0 aromatic heterocycles. The van der Waals surface area contributed by atoms with Crippen LogP contribution < -0.4 is 10.2 Å². The summed E-state index contributed by atoms with van der Waals surface area (Å²) in [6.07, 6.45) is 4.01. The first-order valence-corrected chi connectivity index (χ1v) is 7.68. The van der Waals surface area contributed by atoms with Gasteiger partial charge in [0.05, 0.1) is 0 Å². The van der Waals surface area contributed by atoms with Crippen LogP contribution in [-0.4, -0.2) is 39.2 Å². The van der Waals surface area contributed by atoms with E-state index in [-0.39, 0.29) is 27.3 Å². The smallest absolute Gasteiger partial charge is 0.550 e. The molecule has 0 spiro atoms. The Kier molecular flexibility index (Phi) is 15.2. The molecule has 0 aromatic carbocycles. The van der Waals surface area contributed by atoms with Gasteiger partial charge >= 0.3 is 27.3 Å². The molecule has 0 atom stereocenters. The fraction of sp³-hybridized carbons (Fsp3) is 0.875. The Morgan fingerprint density at radius 2 is 0.762 bits per heavy atom. The number of carbonyl (C=O) groups is 2.